The third kappa shape index (κ3) is 4.71. The number of amides is 1. The van der Waals surface area contributed by atoms with Gasteiger partial charge in [0.25, 0.3) is 5.91 Å². The molecule has 1 amide bonds. The molecule has 8 heteroatoms. The first-order chi connectivity index (χ1) is 14.9. The van der Waals surface area contributed by atoms with E-state index >= 15 is 0 Å². The summed E-state index contributed by atoms with van der Waals surface area (Å²) in [7, 11) is 3.93. The summed E-state index contributed by atoms with van der Waals surface area (Å²) in [6, 6.07) is 12.4. The minimum atomic E-state index is -0.606. The molecule has 1 aliphatic carbocycles. The van der Waals surface area contributed by atoms with Crippen LogP contribution in [0.4, 0.5) is 16.2 Å². The van der Waals surface area contributed by atoms with Gasteiger partial charge >= 0.3 is 0 Å². The lowest BCUT2D eigenvalue weighted by Gasteiger charge is -2.30. The zero-order valence-electron chi connectivity index (χ0n) is 17.5. The molecule has 1 heterocycles. The van der Waals surface area contributed by atoms with Crippen LogP contribution in [0.15, 0.2) is 42.5 Å². The second-order valence-electron chi connectivity index (χ2n) is 8.05. The molecule has 0 radical (unpaired) electrons. The highest BCUT2D eigenvalue weighted by Crippen LogP contribution is 2.27. The van der Waals surface area contributed by atoms with Crippen LogP contribution < -0.4 is 15.5 Å². The molecule has 0 atom stereocenters. The SMILES string of the molecule is CN(C)c1nc(NC2CCC(NC(=O)c3c(F)cccc3Cl)CC2)nc2ccccc12. The van der Waals surface area contributed by atoms with Crippen LogP contribution in [0.1, 0.15) is 36.0 Å². The van der Waals surface area contributed by atoms with E-state index in [-0.39, 0.29) is 22.7 Å². The normalized spacial score (nSPS) is 18.6. The highest BCUT2D eigenvalue weighted by molar-refractivity contribution is 6.33. The number of anilines is 2. The van der Waals surface area contributed by atoms with Crippen molar-refractivity contribution in [2.45, 2.75) is 37.8 Å². The van der Waals surface area contributed by atoms with E-state index < -0.39 is 11.7 Å². The molecule has 1 aliphatic rings. The number of carbonyl (C=O) groups is 1. The predicted molar refractivity (Wildman–Crippen MR) is 122 cm³/mol. The smallest absolute Gasteiger partial charge is 0.255 e. The minimum absolute atomic E-state index is 0.0175. The molecule has 162 valence electrons. The molecule has 0 spiro atoms. The third-order valence-electron chi connectivity index (χ3n) is 5.59. The Morgan fingerprint density at radius 1 is 1.03 bits per heavy atom. The standard InChI is InChI=1S/C23H25ClFN5O/c1-30(2)21-16-6-3-4-9-19(16)28-23(29-21)27-15-12-10-14(11-13-15)26-22(31)20-17(24)7-5-8-18(20)25/h3-9,14-15H,10-13H2,1-2H3,(H,26,31)(H,27,28,29). The first-order valence-corrected chi connectivity index (χ1v) is 10.8. The van der Waals surface area contributed by atoms with Crippen molar-refractivity contribution in [3.05, 3.63) is 58.9 Å². The largest absolute Gasteiger partial charge is 0.362 e. The highest BCUT2D eigenvalue weighted by atomic mass is 35.5. The molecular weight excluding hydrogens is 417 g/mol. The van der Waals surface area contributed by atoms with Crippen LogP contribution in [0.25, 0.3) is 10.9 Å². The summed E-state index contributed by atoms with van der Waals surface area (Å²) >= 11 is 6.00. The Morgan fingerprint density at radius 3 is 2.45 bits per heavy atom. The van der Waals surface area contributed by atoms with Crippen LogP contribution in [0, 0.1) is 5.82 Å². The lowest BCUT2D eigenvalue weighted by molar-refractivity contribution is 0.0922. The van der Waals surface area contributed by atoms with Crippen molar-refractivity contribution in [3.63, 3.8) is 0 Å². The number of hydrogen-bond acceptors (Lipinski definition) is 5. The third-order valence-corrected chi connectivity index (χ3v) is 5.91. The van der Waals surface area contributed by atoms with E-state index in [4.69, 9.17) is 16.6 Å². The van der Waals surface area contributed by atoms with Crippen molar-refractivity contribution < 1.29 is 9.18 Å². The molecule has 1 saturated carbocycles. The number of para-hydroxylation sites is 1. The molecule has 2 N–H and O–H groups in total. The summed E-state index contributed by atoms with van der Waals surface area (Å²) in [4.78, 5) is 23.8. The fourth-order valence-corrected chi connectivity index (χ4v) is 4.25. The van der Waals surface area contributed by atoms with E-state index in [0.29, 0.717) is 5.95 Å². The van der Waals surface area contributed by atoms with Gasteiger partial charge in [-0.2, -0.15) is 4.98 Å². The predicted octanol–water partition coefficient (Wildman–Crippen LogP) is 4.64. The molecule has 0 saturated heterocycles. The van der Waals surface area contributed by atoms with Crippen LogP contribution in [-0.4, -0.2) is 42.1 Å². The van der Waals surface area contributed by atoms with Crippen LogP contribution in [0.2, 0.25) is 5.02 Å². The summed E-state index contributed by atoms with van der Waals surface area (Å²) in [5.74, 6) is 0.405. The van der Waals surface area contributed by atoms with Crippen LogP contribution in [0.3, 0.4) is 0 Å². The molecule has 6 nitrogen and oxygen atoms in total. The van der Waals surface area contributed by atoms with Crippen LogP contribution in [-0.2, 0) is 0 Å². The molecule has 0 aliphatic heterocycles. The Kier molecular flexibility index (Phi) is 6.23. The number of halogens is 2. The monoisotopic (exact) mass is 441 g/mol. The fraction of sp³-hybridized carbons (Fsp3) is 0.348. The van der Waals surface area contributed by atoms with Crippen molar-refractivity contribution >= 4 is 40.2 Å². The Hall–Kier alpha value is -2.93. The Bertz CT molecular complexity index is 1080. The van der Waals surface area contributed by atoms with Gasteiger partial charge in [-0.3, -0.25) is 4.79 Å². The quantitative estimate of drug-likeness (QED) is 0.603. The fourth-order valence-electron chi connectivity index (χ4n) is 4.00. The number of aromatic nitrogens is 2. The van der Waals surface area contributed by atoms with Gasteiger partial charge in [0, 0.05) is 31.6 Å². The molecule has 0 unspecified atom stereocenters. The number of nitrogens with one attached hydrogen (secondary N) is 2. The number of fused-ring (bicyclic) bond motifs is 1. The number of nitrogens with zero attached hydrogens (tertiary/aromatic N) is 3. The number of benzene rings is 2. The van der Waals surface area contributed by atoms with E-state index in [2.05, 4.69) is 15.6 Å². The molecule has 3 aromatic rings. The first kappa shape index (κ1) is 21.3. The summed E-state index contributed by atoms with van der Waals surface area (Å²) in [6.07, 6.45) is 3.26. The van der Waals surface area contributed by atoms with Gasteiger partial charge in [0.05, 0.1) is 16.1 Å². The van der Waals surface area contributed by atoms with E-state index in [9.17, 15) is 9.18 Å². The summed E-state index contributed by atoms with van der Waals surface area (Å²) in [5, 5.41) is 7.50. The Balaban J connectivity index is 1.39. The van der Waals surface area contributed by atoms with Gasteiger partial charge in [-0.25, -0.2) is 9.37 Å². The zero-order valence-corrected chi connectivity index (χ0v) is 18.3. The maximum Gasteiger partial charge on any atom is 0.255 e. The molecule has 1 fully saturated rings. The molecule has 0 bridgehead atoms. The van der Waals surface area contributed by atoms with Gasteiger partial charge in [-0.1, -0.05) is 29.8 Å². The summed E-state index contributed by atoms with van der Waals surface area (Å²) in [5.41, 5.74) is 0.802. The van der Waals surface area contributed by atoms with Crippen molar-refractivity contribution in [3.8, 4) is 0 Å². The van der Waals surface area contributed by atoms with Crippen molar-refractivity contribution in [2.24, 2.45) is 0 Å². The lowest BCUT2D eigenvalue weighted by atomic mass is 9.91. The first-order valence-electron chi connectivity index (χ1n) is 10.4. The maximum absolute atomic E-state index is 14.0. The number of rotatable bonds is 5. The van der Waals surface area contributed by atoms with E-state index in [1.165, 1.54) is 18.2 Å². The topological polar surface area (TPSA) is 70.2 Å². The second-order valence-corrected chi connectivity index (χ2v) is 8.45. The van der Waals surface area contributed by atoms with Gasteiger partial charge in [-0.05, 0) is 49.9 Å². The zero-order chi connectivity index (χ0) is 22.0. The average molecular weight is 442 g/mol. The van der Waals surface area contributed by atoms with E-state index in [1.54, 1.807) is 0 Å². The summed E-state index contributed by atoms with van der Waals surface area (Å²) in [6.45, 7) is 0. The maximum atomic E-state index is 14.0. The lowest BCUT2D eigenvalue weighted by Crippen LogP contribution is -2.40. The van der Waals surface area contributed by atoms with Gasteiger partial charge < -0.3 is 15.5 Å². The van der Waals surface area contributed by atoms with Crippen LogP contribution >= 0.6 is 11.6 Å². The average Bonchev–Trinajstić information content (AvgIpc) is 2.74. The second kappa shape index (κ2) is 9.06. The molecular formula is C23H25ClFN5O. The Labute approximate surface area is 185 Å². The van der Waals surface area contributed by atoms with Crippen molar-refractivity contribution in [1.82, 2.24) is 15.3 Å². The van der Waals surface area contributed by atoms with Gasteiger partial charge in [-0.15, -0.1) is 0 Å². The van der Waals surface area contributed by atoms with E-state index in [0.717, 1.165) is 42.4 Å². The molecule has 1 aromatic heterocycles. The van der Waals surface area contributed by atoms with Gasteiger partial charge in [0.2, 0.25) is 5.95 Å². The molecule has 4 rings (SSSR count). The van der Waals surface area contributed by atoms with E-state index in [1.807, 2.05) is 43.3 Å². The van der Waals surface area contributed by atoms with Crippen molar-refractivity contribution in [2.75, 3.05) is 24.3 Å². The Morgan fingerprint density at radius 2 is 1.74 bits per heavy atom. The van der Waals surface area contributed by atoms with Gasteiger partial charge in [0.1, 0.15) is 11.6 Å². The summed E-state index contributed by atoms with van der Waals surface area (Å²) < 4.78 is 14.0. The minimum Gasteiger partial charge on any atom is -0.362 e. The molecule has 31 heavy (non-hydrogen) atoms. The molecule has 2 aromatic carbocycles. The highest BCUT2D eigenvalue weighted by Gasteiger charge is 2.25. The van der Waals surface area contributed by atoms with Gasteiger partial charge in [0.15, 0.2) is 0 Å². The number of hydrogen-bond donors (Lipinski definition) is 2. The van der Waals surface area contributed by atoms with Crippen molar-refractivity contribution in [1.29, 1.82) is 0 Å². The van der Waals surface area contributed by atoms with Crippen LogP contribution in [0.5, 0.6) is 0 Å². The number of carbonyl (C=O) groups excluding carboxylic acids is 1.